The monoisotopic (exact) mass is 289 g/mol. The van der Waals surface area contributed by atoms with Crippen LogP contribution in [0.1, 0.15) is 26.6 Å². The van der Waals surface area contributed by atoms with E-state index in [1.54, 1.807) is 0 Å². The van der Waals surface area contributed by atoms with Gasteiger partial charge in [0.05, 0.1) is 16.6 Å². The molecule has 114 valence electrons. The van der Waals surface area contributed by atoms with Gasteiger partial charge < -0.3 is 14.6 Å². The van der Waals surface area contributed by atoms with Crippen molar-refractivity contribution >= 4 is 16.9 Å². The van der Waals surface area contributed by atoms with E-state index in [2.05, 4.69) is 14.9 Å². The Morgan fingerprint density at radius 3 is 2.76 bits per heavy atom. The lowest BCUT2D eigenvalue weighted by Gasteiger charge is -2.19. The predicted octanol–water partition coefficient (Wildman–Crippen LogP) is 2.28. The number of nitrogens with one attached hydrogen (secondary N) is 1. The van der Waals surface area contributed by atoms with Gasteiger partial charge in [-0.15, -0.1) is 0 Å². The third-order valence-electron chi connectivity index (χ3n) is 3.14. The molecular weight excluding hydrogens is 266 g/mol. The number of carbonyl (C=O) groups is 1. The summed E-state index contributed by atoms with van der Waals surface area (Å²) < 4.78 is 7.55. The van der Waals surface area contributed by atoms with Gasteiger partial charge in [0.1, 0.15) is 12.4 Å². The normalized spacial score (nSPS) is 11.8. The molecule has 5 nitrogen and oxygen atoms in total. The summed E-state index contributed by atoms with van der Waals surface area (Å²) in [4.78, 5) is 16.2. The van der Waals surface area contributed by atoms with Crippen LogP contribution in [0, 0.1) is 6.92 Å². The van der Waals surface area contributed by atoms with Crippen LogP contribution in [0.4, 0.5) is 0 Å². The van der Waals surface area contributed by atoms with E-state index in [4.69, 9.17) is 4.74 Å². The zero-order chi connectivity index (χ0) is 15.5. The number of fused-ring (bicyclic) bond motifs is 1. The van der Waals surface area contributed by atoms with Crippen LogP contribution < -0.4 is 5.32 Å². The molecular formula is C16H23N3O2. The average molecular weight is 289 g/mol. The van der Waals surface area contributed by atoms with E-state index in [1.165, 1.54) is 0 Å². The molecule has 1 amide bonds. The van der Waals surface area contributed by atoms with Crippen molar-refractivity contribution in [3.8, 4) is 0 Å². The van der Waals surface area contributed by atoms with Gasteiger partial charge in [0, 0.05) is 13.1 Å². The van der Waals surface area contributed by atoms with Gasteiger partial charge in [0.25, 0.3) is 0 Å². The van der Waals surface area contributed by atoms with Gasteiger partial charge in [0.15, 0.2) is 0 Å². The molecule has 0 unspecified atom stereocenters. The van der Waals surface area contributed by atoms with Gasteiger partial charge in [-0.1, -0.05) is 12.1 Å². The number of ether oxygens (including phenoxy) is 1. The standard InChI is InChI=1S/C16H23N3O2/c1-12-18-13-7-5-6-8-14(13)19(12)10-9-17-15(20)11-21-16(2,3)4/h5-8H,9-11H2,1-4H3,(H,17,20). The Bertz CT molecular complexity index is 626. The minimum Gasteiger partial charge on any atom is -0.366 e. The molecule has 0 bridgehead atoms. The molecule has 0 aliphatic rings. The summed E-state index contributed by atoms with van der Waals surface area (Å²) in [6.45, 7) is 9.13. The highest BCUT2D eigenvalue weighted by Gasteiger charge is 2.13. The van der Waals surface area contributed by atoms with Gasteiger partial charge in [0.2, 0.25) is 5.91 Å². The lowest BCUT2D eigenvalue weighted by molar-refractivity contribution is -0.130. The maximum Gasteiger partial charge on any atom is 0.246 e. The van der Waals surface area contributed by atoms with Crippen LogP contribution in [-0.2, 0) is 16.1 Å². The van der Waals surface area contributed by atoms with Crippen molar-refractivity contribution in [3.05, 3.63) is 30.1 Å². The van der Waals surface area contributed by atoms with Crippen molar-refractivity contribution < 1.29 is 9.53 Å². The number of imidazole rings is 1. The molecule has 1 N–H and O–H groups in total. The third kappa shape index (κ3) is 4.29. The minimum atomic E-state index is -0.297. The first-order valence-electron chi connectivity index (χ1n) is 7.19. The Morgan fingerprint density at radius 1 is 1.33 bits per heavy atom. The molecule has 1 heterocycles. The van der Waals surface area contributed by atoms with Crippen molar-refractivity contribution in [1.82, 2.24) is 14.9 Å². The number of hydrogen-bond donors (Lipinski definition) is 1. The van der Waals surface area contributed by atoms with Gasteiger partial charge in [-0.3, -0.25) is 4.79 Å². The molecule has 2 aromatic rings. The second-order valence-corrected chi connectivity index (χ2v) is 6.05. The first kappa shape index (κ1) is 15.5. The summed E-state index contributed by atoms with van der Waals surface area (Å²) in [7, 11) is 0. The highest BCUT2D eigenvalue weighted by molar-refractivity contribution is 5.77. The van der Waals surface area contributed by atoms with Crippen LogP contribution >= 0.6 is 0 Å². The Labute approximate surface area is 125 Å². The third-order valence-corrected chi connectivity index (χ3v) is 3.14. The maximum absolute atomic E-state index is 11.7. The highest BCUT2D eigenvalue weighted by Crippen LogP contribution is 2.14. The topological polar surface area (TPSA) is 56.2 Å². The number of nitrogens with zero attached hydrogens (tertiary/aromatic N) is 2. The van der Waals surface area contributed by atoms with Crippen molar-refractivity contribution in [2.24, 2.45) is 0 Å². The van der Waals surface area contributed by atoms with Crippen molar-refractivity contribution in [2.45, 2.75) is 39.8 Å². The fourth-order valence-electron chi connectivity index (χ4n) is 2.12. The molecule has 1 aromatic heterocycles. The fraction of sp³-hybridized carbons (Fsp3) is 0.500. The van der Waals surface area contributed by atoms with Crippen molar-refractivity contribution in [3.63, 3.8) is 0 Å². The SMILES string of the molecule is Cc1nc2ccccc2n1CCNC(=O)COC(C)(C)C. The lowest BCUT2D eigenvalue weighted by Crippen LogP contribution is -2.34. The summed E-state index contributed by atoms with van der Waals surface area (Å²) in [6.07, 6.45) is 0. The van der Waals surface area contributed by atoms with Gasteiger partial charge in [-0.25, -0.2) is 4.98 Å². The van der Waals surface area contributed by atoms with E-state index in [-0.39, 0.29) is 18.1 Å². The smallest absolute Gasteiger partial charge is 0.246 e. The molecule has 2 rings (SSSR count). The summed E-state index contributed by atoms with van der Waals surface area (Å²) in [5.41, 5.74) is 1.78. The van der Waals surface area contributed by atoms with Crippen LogP contribution in [-0.4, -0.2) is 34.2 Å². The first-order valence-corrected chi connectivity index (χ1v) is 7.19. The summed E-state index contributed by atoms with van der Waals surface area (Å²) in [5.74, 6) is 0.864. The predicted molar refractivity (Wildman–Crippen MR) is 83.2 cm³/mol. The van der Waals surface area contributed by atoms with E-state index in [0.717, 1.165) is 16.9 Å². The number of aryl methyl sites for hydroxylation is 1. The summed E-state index contributed by atoms with van der Waals surface area (Å²) in [6, 6.07) is 8.01. The highest BCUT2D eigenvalue weighted by atomic mass is 16.5. The second-order valence-electron chi connectivity index (χ2n) is 6.05. The number of rotatable bonds is 5. The van der Waals surface area contributed by atoms with E-state index in [1.807, 2.05) is 52.0 Å². The number of hydrogen-bond acceptors (Lipinski definition) is 3. The van der Waals surface area contributed by atoms with Crippen LogP contribution in [0.2, 0.25) is 0 Å². The molecule has 0 atom stereocenters. The zero-order valence-electron chi connectivity index (χ0n) is 13.1. The number of para-hydroxylation sites is 2. The molecule has 21 heavy (non-hydrogen) atoms. The molecule has 0 saturated carbocycles. The van der Waals surface area contributed by atoms with E-state index >= 15 is 0 Å². The molecule has 0 spiro atoms. The average Bonchev–Trinajstić information content (AvgIpc) is 2.72. The molecule has 0 radical (unpaired) electrons. The van der Waals surface area contributed by atoms with Crippen molar-refractivity contribution in [1.29, 1.82) is 0 Å². The molecule has 5 heteroatoms. The molecule has 0 saturated heterocycles. The molecule has 0 aliphatic carbocycles. The molecule has 0 fully saturated rings. The van der Waals surface area contributed by atoms with E-state index in [0.29, 0.717) is 13.1 Å². The summed E-state index contributed by atoms with van der Waals surface area (Å²) in [5, 5.41) is 2.87. The molecule has 0 aliphatic heterocycles. The summed E-state index contributed by atoms with van der Waals surface area (Å²) >= 11 is 0. The van der Waals surface area contributed by atoms with Crippen LogP contribution in [0.5, 0.6) is 0 Å². The first-order chi connectivity index (χ1) is 9.87. The number of aromatic nitrogens is 2. The van der Waals surface area contributed by atoms with E-state index in [9.17, 15) is 4.79 Å². The quantitative estimate of drug-likeness (QED) is 0.918. The lowest BCUT2D eigenvalue weighted by atomic mass is 10.2. The van der Waals surface area contributed by atoms with Gasteiger partial charge in [-0.05, 0) is 39.8 Å². The maximum atomic E-state index is 11.7. The van der Waals surface area contributed by atoms with Crippen molar-refractivity contribution in [2.75, 3.05) is 13.2 Å². The Morgan fingerprint density at radius 2 is 2.05 bits per heavy atom. The van der Waals surface area contributed by atoms with Crippen LogP contribution in [0.25, 0.3) is 11.0 Å². The number of amides is 1. The fourth-order valence-corrected chi connectivity index (χ4v) is 2.12. The number of carbonyl (C=O) groups excluding carboxylic acids is 1. The van der Waals surface area contributed by atoms with Gasteiger partial charge >= 0.3 is 0 Å². The number of benzene rings is 1. The molecule has 1 aromatic carbocycles. The van der Waals surface area contributed by atoms with Crippen LogP contribution in [0.15, 0.2) is 24.3 Å². The Hall–Kier alpha value is -1.88. The van der Waals surface area contributed by atoms with Gasteiger partial charge in [-0.2, -0.15) is 0 Å². The zero-order valence-corrected chi connectivity index (χ0v) is 13.1. The van der Waals surface area contributed by atoms with Crippen LogP contribution in [0.3, 0.4) is 0 Å². The Balaban J connectivity index is 1.88. The largest absolute Gasteiger partial charge is 0.366 e. The minimum absolute atomic E-state index is 0.0904. The second kappa shape index (κ2) is 6.26. The van der Waals surface area contributed by atoms with E-state index < -0.39 is 0 Å². The Kier molecular flexibility index (Phi) is 4.63.